The molecule has 0 atom stereocenters. The topological polar surface area (TPSA) is 66.2 Å². The van der Waals surface area contributed by atoms with Crippen molar-refractivity contribution in [2.75, 3.05) is 0 Å². The molecule has 1 aliphatic heterocycles. The van der Waals surface area contributed by atoms with E-state index in [-0.39, 0.29) is 11.4 Å². The second kappa shape index (κ2) is 6.36. The molecular weight excluding hydrogens is 342 g/mol. The highest BCUT2D eigenvalue weighted by molar-refractivity contribution is 6.00. The van der Waals surface area contributed by atoms with Gasteiger partial charge in [0.05, 0.1) is 12.0 Å². The predicted octanol–water partition coefficient (Wildman–Crippen LogP) is 3.94. The molecular formula is C21H25N3O3. The number of carbonyl (C=O) groups is 1. The molecule has 1 aromatic carbocycles. The minimum atomic E-state index is -0.302. The molecule has 2 heterocycles. The molecule has 3 aliphatic rings. The van der Waals surface area contributed by atoms with Crippen LogP contribution in [0.5, 0.6) is 11.5 Å². The Balaban J connectivity index is 1.33. The van der Waals surface area contributed by atoms with Crippen LogP contribution >= 0.6 is 0 Å². The van der Waals surface area contributed by atoms with E-state index in [4.69, 9.17) is 9.47 Å². The van der Waals surface area contributed by atoms with E-state index in [1.54, 1.807) is 4.68 Å². The van der Waals surface area contributed by atoms with Gasteiger partial charge in [0.15, 0.2) is 17.4 Å². The molecule has 2 saturated carbocycles. The van der Waals surface area contributed by atoms with Crippen LogP contribution in [0.25, 0.3) is 0 Å². The van der Waals surface area contributed by atoms with E-state index in [0.717, 1.165) is 37.3 Å². The van der Waals surface area contributed by atoms with E-state index < -0.39 is 0 Å². The van der Waals surface area contributed by atoms with Gasteiger partial charge in [-0.15, -0.1) is 0 Å². The van der Waals surface area contributed by atoms with Gasteiger partial charge < -0.3 is 9.47 Å². The van der Waals surface area contributed by atoms with Crippen LogP contribution in [0.2, 0.25) is 0 Å². The molecule has 1 spiro atoms. The van der Waals surface area contributed by atoms with Crippen molar-refractivity contribution in [3.8, 4) is 11.5 Å². The summed E-state index contributed by atoms with van der Waals surface area (Å²) in [7, 11) is 1.90. The number of rotatable bonds is 4. The minimum Gasteiger partial charge on any atom is -0.486 e. The minimum absolute atomic E-state index is 0.187. The molecule has 2 fully saturated rings. The molecule has 6 nitrogen and oxygen atoms in total. The van der Waals surface area contributed by atoms with Crippen LogP contribution in [-0.2, 0) is 13.7 Å². The van der Waals surface area contributed by atoms with Gasteiger partial charge in [-0.25, -0.2) is 9.67 Å². The van der Waals surface area contributed by atoms with Crippen molar-refractivity contribution in [1.82, 2.24) is 14.8 Å². The summed E-state index contributed by atoms with van der Waals surface area (Å²) < 4.78 is 14.1. The predicted molar refractivity (Wildman–Crippen MR) is 99.1 cm³/mol. The monoisotopic (exact) mass is 367 g/mol. The van der Waals surface area contributed by atoms with E-state index in [1.165, 1.54) is 19.3 Å². The van der Waals surface area contributed by atoms with Crippen molar-refractivity contribution < 1.29 is 14.3 Å². The largest absolute Gasteiger partial charge is 0.486 e. The van der Waals surface area contributed by atoms with Crippen LogP contribution in [0.4, 0.5) is 0 Å². The molecule has 0 unspecified atom stereocenters. The molecule has 6 heteroatoms. The molecule has 142 valence electrons. The zero-order chi connectivity index (χ0) is 18.4. The molecule has 2 aromatic rings. The van der Waals surface area contributed by atoms with E-state index in [1.807, 2.05) is 25.2 Å². The molecule has 0 bridgehead atoms. The third-order valence-corrected chi connectivity index (χ3v) is 6.01. The highest BCUT2D eigenvalue weighted by Crippen LogP contribution is 2.43. The number of hydrogen-bond donors (Lipinski definition) is 0. The summed E-state index contributed by atoms with van der Waals surface area (Å²) in [4.78, 5) is 17.2. The molecule has 27 heavy (non-hydrogen) atoms. The molecule has 5 rings (SSSR count). The van der Waals surface area contributed by atoms with E-state index in [9.17, 15) is 4.79 Å². The first-order valence-electron chi connectivity index (χ1n) is 10.0. The average molecular weight is 367 g/mol. The highest BCUT2D eigenvalue weighted by Gasteiger charge is 2.41. The standard InChI is InChI=1S/C21H25N3O3/c1-24-19(22-20(23-24)14-5-6-14)13-26-15-7-8-16-17(25)12-21(27-18(16)11-15)9-3-2-4-10-21/h7-8,11,14H,2-6,9-10,12-13H2,1H3. The third kappa shape index (κ3) is 3.22. The molecule has 0 radical (unpaired) electrons. The lowest BCUT2D eigenvalue weighted by atomic mass is 9.78. The lowest BCUT2D eigenvalue weighted by molar-refractivity contribution is 0.0134. The first-order chi connectivity index (χ1) is 13.1. The van der Waals surface area contributed by atoms with Gasteiger partial charge in [-0.2, -0.15) is 5.10 Å². The summed E-state index contributed by atoms with van der Waals surface area (Å²) >= 11 is 0. The number of fused-ring (bicyclic) bond motifs is 1. The van der Waals surface area contributed by atoms with Gasteiger partial charge in [0.25, 0.3) is 0 Å². The van der Waals surface area contributed by atoms with Gasteiger partial charge in [-0.05, 0) is 50.7 Å². The lowest BCUT2D eigenvalue weighted by Crippen LogP contribution is -2.43. The Morgan fingerprint density at radius 2 is 2.07 bits per heavy atom. The maximum Gasteiger partial charge on any atom is 0.170 e. The number of aromatic nitrogens is 3. The van der Waals surface area contributed by atoms with Crippen molar-refractivity contribution in [2.24, 2.45) is 7.05 Å². The number of Topliss-reactive ketones (excluding diaryl/α,β-unsaturated/α-hetero) is 1. The zero-order valence-electron chi connectivity index (χ0n) is 15.7. The molecule has 0 amide bonds. The lowest BCUT2D eigenvalue weighted by Gasteiger charge is -2.40. The number of hydrogen-bond acceptors (Lipinski definition) is 5. The molecule has 0 N–H and O–H groups in total. The fourth-order valence-electron chi connectivity index (χ4n) is 4.27. The van der Waals surface area contributed by atoms with Crippen molar-refractivity contribution >= 4 is 5.78 Å². The first-order valence-corrected chi connectivity index (χ1v) is 10.0. The van der Waals surface area contributed by atoms with Crippen molar-refractivity contribution in [1.29, 1.82) is 0 Å². The summed E-state index contributed by atoms with van der Waals surface area (Å²) in [6.07, 6.45) is 8.30. The van der Waals surface area contributed by atoms with Crippen LogP contribution in [0, 0.1) is 0 Å². The summed E-state index contributed by atoms with van der Waals surface area (Å²) in [5, 5.41) is 4.48. The van der Waals surface area contributed by atoms with Gasteiger partial charge in [-0.1, -0.05) is 6.42 Å². The third-order valence-electron chi connectivity index (χ3n) is 6.01. The van der Waals surface area contributed by atoms with Crippen LogP contribution < -0.4 is 9.47 Å². The number of ketones is 1. The first kappa shape index (κ1) is 16.8. The molecule has 2 aliphatic carbocycles. The van der Waals surface area contributed by atoms with Gasteiger partial charge in [0.2, 0.25) is 0 Å². The summed E-state index contributed by atoms with van der Waals surface area (Å²) in [5.41, 5.74) is 0.372. The Morgan fingerprint density at radius 1 is 1.26 bits per heavy atom. The Labute approximate surface area is 158 Å². The number of aryl methyl sites for hydroxylation is 1. The molecule has 0 saturated heterocycles. The average Bonchev–Trinajstić information content (AvgIpc) is 3.43. The highest BCUT2D eigenvalue weighted by atomic mass is 16.5. The Morgan fingerprint density at radius 3 is 2.85 bits per heavy atom. The second-order valence-electron chi connectivity index (χ2n) is 8.18. The number of carbonyl (C=O) groups excluding carboxylic acids is 1. The fourth-order valence-corrected chi connectivity index (χ4v) is 4.27. The van der Waals surface area contributed by atoms with Crippen LogP contribution in [0.15, 0.2) is 18.2 Å². The van der Waals surface area contributed by atoms with E-state index in [2.05, 4.69) is 10.1 Å². The van der Waals surface area contributed by atoms with E-state index >= 15 is 0 Å². The SMILES string of the molecule is Cn1nc(C2CC2)nc1COc1ccc2c(c1)OC1(CCCCC1)CC2=O. The summed E-state index contributed by atoms with van der Waals surface area (Å²) in [6, 6.07) is 5.53. The number of nitrogens with zero attached hydrogens (tertiary/aromatic N) is 3. The van der Waals surface area contributed by atoms with Gasteiger partial charge in [0.1, 0.15) is 23.7 Å². The number of ether oxygens (including phenoxy) is 2. The zero-order valence-corrected chi connectivity index (χ0v) is 15.7. The number of benzene rings is 1. The fraction of sp³-hybridized carbons (Fsp3) is 0.571. The summed E-state index contributed by atoms with van der Waals surface area (Å²) in [5.74, 6) is 3.82. The van der Waals surface area contributed by atoms with Gasteiger partial charge >= 0.3 is 0 Å². The van der Waals surface area contributed by atoms with Crippen LogP contribution in [0.3, 0.4) is 0 Å². The quantitative estimate of drug-likeness (QED) is 0.819. The normalized spacial score (nSPS) is 21.0. The van der Waals surface area contributed by atoms with Gasteiger partial charge in [-0.3, -0.25) is 4.79 Å². The van der Waals surface area contributed by atoms with Crippen molar-refractivity contribution in [3.63, 3.8) is 0 Å². The summed E-state index contributed by atoms with van der Waals surface area (Å²) in [6.45, 7) is 0.355. The molecule has 1 aromatic heterocycles. The van der Waals surface area contributed by atoms with Crippen molar-refractivity contribution in [2.45, 2.75) is 69.5 Å². The smallest absolute Gasteiger partial charge is 0.170 e. The Kier molecular flexibility index (Phi) is 3.95. The Bertz CT molecular complexity index is 879. The van der Waals surface area contributed by atoms with Crippen LogP contribution in [0.1, 0.15) is 79.3 Å². The Hall–Kier alpha value is -2.37. The van der Waals surface area contributed by atoms with Gasteiger partial charge in [0, 0.05) is 19.0 Å². The van der Waals surface area contributed by atoms with Crippen LogP contribution in [-0.4, -0.2) is 26.1 Å². The maximum absolute atomic E-state index is 12.6. The second-order valence-corrected chi connectivity index (χ2v) is 8.18. The maximum atomic E-state index is 12.6. The van der Waals surface area contributed by atoms with Crippen molar-refractivity contribution in [3.05, 3.63) is 35.4 Å². The van der Waals surface area contributed by atoms with E-state index in [0.29, 0.717) is 36.0 Å².